The molecule has 126 valence electrons. The first-order valence-corrected chi connectivity index (χ1v) is 7.36. The number of aromatic nitrogens is 2. The highest BCUT2D eigenvalue weighted by atomic mass is 16.6. The molecule has 9 nitrogen and oxygen atoms in total. The Hall–Kier alpha value is -3.10. The Kier molecular flexibility index (Phi) is 4.32. The number of hydrogen-bond donors (Lipinski definition) is 1. The summed E-state index contributed by atoms with van der Waals surface area (Å²) in [4.78, 5) is 26.3. The number of hydrogen-bond acceptors (Lipinski definition) is 6. The average Bonchev–Trinajstić information content (AvgIpc) is 2.94. The van der Waals surface area contributed by atoms with Gasteiger partial charge in [-0.1, -0.05) is 12.1 Å². The topological polar surface area (TPSA) is 109 Å². The van der Waals surface area contributed by atoms with Crippen LogP contribution in [0.15, 0.2) is 30.5 Å². The van der Waals surface area contributed by atoms with E-state index in [1.807, 2.05) is 18.2 Å². The number of para-hydroxylation sites is 2. The van der Waals surface area contributed by atoms with Gasteiger partial charge in [-0.3, -0.25) is 4.79 Å². The normalized spacial score (nSPS) is 15.8. The molecular formula is C15H16N4O5. The number of aryl methyl sites for hydroxylation is 1. The predicted octanol–water partition coefficient (Wildman–Crippen LogP) is 1.06. The van der Waals surface area contributed by atoms with Gasteiger partial charge in [-0.2, -0.15) is 0 Å². The minimum atomic E-state index is -0.567. The molecule has 1 atom stereocenters. The Morgan fingerprint density at radius 2 is 2.21 bits per heavy atom. The average molecular weight is 332 g/mol. The molecule has 2 aromatic rings. The molecule has 0 saturated carbocycles. The van der Waals surface area contributed by atoms with E-state index in [1.165, 1.54) is 4.57 Å². The lowest BCUT2D eigenvalue weighted by molar-refractivity contribution is -0.392. The van der Waals surface area contributed by atoms with Crippen molar-refractivity contribution in [2.75, 3.05) is 13.2 Å². The summed E-state index contributed by atoms with van der Waals surface area (Å²) >= 11 is 0. The van der Waals surface area contributed by atoms with Crippen LogP contribution >= 0.6 is 0 Å². The molecule has 1 aliphatic heterocycles. The van der Waals surface area contributed by atoms with E-state index in [9.17, 15) is 14.9 Å². The van der Waals surface area contributed by atoms with E-state index < -0.39 is 4.92 Å². The number of benzene rings is 1. The van der Waals surface area contributed by atoms with Gasteiger partial charge in [-0.25, -0.2) is 9.55 Å². The van der Waals surface area contributed by atoms with Crippen molar-refractivity contribution in [3.05, 3.63) is 46.4 Å². The molecule has 0 aliphatic carbocycles. The molecule has 1 N–H and O–H groups in total. The maximum Gasteiger partial charge on any atom is 0.343 e. The molecule has 1 aromatic carbocycles. The molecular weight excluding hydrogens is 316 g/mol. The van der Waals surface area contributed by atoms with E-state index in [1.54, 1.807) is 13.0 Å². The van der Waals surface area contributed by atoms with Crippen molar-refractivity contribution in [1.82, 2.24) is 14.9 Å². The number of nitrogens with zero attached hydrogens (tertiary/aromatic N) is 3. The number of carbonyl (C=O) groups excluding carboxylic acids is 1. The number of nitrogens with one attached hydrogen (secondary N) is 1. The molecule has 24 heavy (non-hydrogen) atoms. The monoisotopic (exact) mass is 332 g/mol. The third-order valence-corrected chi connectivity index (χ3v) is 3.62. The van der Waals surface area contributed by atoms with Crippen LogP contribution in [-0.2, 0) is 11.3 Å². The fourth-order valence-corrected chi connectivity index (χ4v) is 2.39. The molecule has 0 spiro atoms. The van der Waals surface area contributed by atoms with E-state index in [0.29, 0.717) is 23.9 Å². The second-order valence-corrected chi connectivity index (χ2v) is 5.31. The molecule has 0 fully saturated rings. The zero-order valence-electron chi connectivity index (χ0n) is 13.0. The Morgan fingerprint density at radius 1 is 1.46 bits per heavy atom. The molecule has 0 unspecified atom stereocenters. The van der Waals surface area contributed by atoms with Crippen LogP contribution < -0.4 is 14.8 Å². The molecule has 2 heterocycles. The van der Waals surface area contributed by atoms with Crippen molar-refractivity contribution >= 4 is 11.7 Å². The molecule has 9 heteroatoms. The predicted molar refractivity (Wildman–Crippen MR) is 83.0 cm³/mol. The van der Waals surface area contributed by atoms with Gasteiger partial charge >= 0.3 is 5.82 Å². The molecule has 0 radical (unpaired) electrons. The zero-order chi connectivity index (χ0) is 17.1. The van der Waals surface area contributed by atoms with Gasteiger partial charge in [-0.15, -0.1) is 0 Å². The second-order valence-electron chi connectivity index (χ2n) is 5.31. The van der Waals surface area contributed by atoms with Crippen LogP contribution in [0.1, 0.15) is 5.82 Å². The Balaban J connectivity index is 1.56. The first kappa shape index (κ1) is 15.8. The number of imidazole rings is 1. The molecule has 3 rings (SSSR count). The number of amides is 1. The third kappa shape index (κ3) is 3.29. The van der Waals surface area contributed by atoms with Gasteiger partial charge < -0.3 is 24.9 Å². The van der Waals surface area contributed by atoms with Crippen LogP contribution in [0.25, 0.3) is 0 Å². The largest absolute Gasteiger partial charge is 0.486 e. The van der Waals surface area contributed by atoms with Gasteiger partial charge in [0.2, 0.25) is 0 Å². The summed E-state index contributed by atoms with van der Waals surface area (Å²) in [5, 5.41) is 13.6. The van der Waals surface area contributed by atoms with E-state index in [0.717, 1.165) is 6.20 Å². The van der Waals surface area contributed by atoms with Crippen molar-refractivity contribution in [3.8, 4) is 11.5 Å². The summed E-state index contributed by atoms with van der Waals surface area (Å²) in [6.45, 7) is 2.00. The maximum atomic E-state index is 12.0. The van der Waals surface area contributed by atoms with Crippen LogP contribution in [0.3, 0.4) is 0 Å². The van der Waals surface area contributed by atoms with Crippen molar-refractivity contribution in [1.29, 1.82) is 0 Å². The van der Waals surface area contributed by atoms with Crippen molar-refractivity contribution < 1.29 is 19.2 Å². The first-order chi connectivity index (χ1) is 11.5. The lowest BCUT2D eigenvalue weighted by atomic mass is 10.2. The second kappa shape index (κ2) is 6.57. The van der Waals surface area contributed by atoms with Crippen LogP contribution in [0.5, 0.6) is 11.5 Å². The van der Waals surface area contributed by atoms with E-state index in [2.05, 4.69) is 10.3 Å². The van der Waals surface area contributed by atoms with E-state index >= 15 is 0 Å². The van der Waals surface area contributed by atoms with Gasteiger partial charge in [0.05, 0.1) is 6.54 Å². The molecule has 0 bridgehead atoms. The van der Waals surface area contributed by atoms with Crippen molar-refractivity contribution in [2.24, 2.45) is 0 Å². The Labute approximate surface area is 137 Å². The molecule has 0 saturated heterocycles. The minimum absolute atomic E-state index is 0.174. The number of fused-ring (bicyclic) bond motifs is 1. The minimum Gasteiger partial charge on any atom is -0.486 e. The molecule has 1 amide bonds. The van der Waals surface area contributed by atoms with Gasteiger partial charge in [-0.05, 0) is 17.1 Å². The number of rotatable bonds is 5. The first-order valence-electron chi connectivity index (χ1n) is 7.36. The van der Waals surface area contributed by atoms with Gasteiger partial charge in [0.1, 0.15) is 18.9 Å². The van der Waals surface area contributed by atoms with Crippen LogP contribution in [0, 0.1) is 17.0 Å². The van der Waals surface area contributed by atoms with Crippen molar-refractivity contribution in [2.45, 2.75) is 19.6 Å². The highest BCUT2D eigenvalue weighted by molar-refractivity contribution is 5.76. The lowest BCUT2D eigenvalue weighted by Gasteiger charge is -2.26. The smallest absolute Gasteiger partial charge is 0.343 e. The molecule has 1 aromatic heterocycles. The lowest BCUT2D eigenvalue weighted by Crippen LogP contribution is -2.41. The third-order valence-electron chi connectivity index (χ3n) is 3.62. The van der Waals surface area contributed by atoms with Crippen molar-refractivity contribution in [3.63, 3.8) is 0 Å². The summed E-state index contributed by atoms with van der Waals surface area (Å²) < 4.78 is 12.6. The number of nitro groups is 1. The van der Waals surface area contributed by atoms with Crippen LogP contribution in [0.2, 0.25) is 0 Å². The Bertz CT molecular complexity index is 773. The quantitative estimate of drug-likeness (QED) is 0.648. The zero-order valence-corrected chi connectivity index (χ0v) is 13.0. The summed E-state index contributed by atoms with van der Waals surface area (Å²) in [5.74, 6) is 1.13. The molecule has 1 aliphatic rings. The number of ether oxygens (including phenoxy) is 2. The fraction of sp³-hybridized carbons (Fsp3) is 0.333. The fourth-order valence-electron chi connectivity index (χ4n) is 2.39. The standard InChI is InChI=1S/C15H16N4O5/c1-10-16-7-15(19(21)22)18(10)8-14(20)17-6-11-9-23-12-4-2-3-5-13(12)24-11/h2-5,7,11H,6,8-9H2,1H3,(H,17,20)/t11-/m0/s1. The van der Waals surface area contributed by atoms with Gasteiger partial charge in [0.25, 0.3) is 5.91 Å². The van der Waals surface area contributed by atoms with Crippen LogP contribution in [0.4, 0.5) is 5.82 Å². The van der Waals surface area contributed by atoms with Gasteiger partial charge in [0.15, 0.2) is 23.9 Å². The SMILES string of the molecule is Cc1ncc([N+](=O)[O-])n1CC(=O)NC[C@H]1COc2ccccc2O1. The van der Waals surface area contributed by atoms with E-state index in [4.69, 9.17) is 9.47 Å². The highest BCUT2D eigenvalue weighted by Crippen LogP contribution is 2.30. The van der Waals surface area contributed by atoms with Gasteiger partial charge in [0, 0.05) is 6.92 Å². The highest BCUT2D eigenvalue weighted by Gasteiger charge is 2.23. The summed E-state index contributed by atoms with van der Waals surface area (Å²) in [6, 6.07) is 7.29. The summed E-state index contributed by atoms with van der Waals surface area (Å²) in [7, 11) is 0. The summed E-state index contributed by atoms with van der Waals surface area (Å²) in [5.41, 5.74) is 0. The maximum absolute atomic E-state index is 12.0. The number of carbonyl (C=O) groups is 1. The van der Waals surface area contributed by atoms with E-state index in [-0.39, 0.29) is 30.9 Å². The Morgan fingerprint density at radius 3 is 2.96 bits per heavy atom. The van der Waals surface area contributed by atoms with Crippen LogP contribution in [-0.4, -0.2) is 39.6 Å². The summed E-state index contributed by atoms with van der Waals surface area (Å²) in [6.07, 6.45) is 0.820.